The first-order valence-corrected chi connectivity index (χ1v) is 25.3. The smallest absolute Gasteiger partial charge is 0.104 e. The van der Waals surface area contributed by atoms with E-state index < -0.39 is 6.10 Å². The summed E-state index contributed by atoms with van der Waals surface area (Å²) in [6.45, 7) is 0. The molecule has 8 aromatic carbocycles. The fraction of sp³-hybridized carbons (Fsp3) is 0.0698. The summed E-state index contributed by atoms with van der Waals surface area (Å²) in [5.41, 5.74) is 4.41. The Morgan fingerprint density at radius 2 is 0.725 bits per heavy atom. The number of hydrogen-bond acceptors (Lipinski definition) is 1. The van der Waals surface area contributed by atoms with Gasteiger partial charge in [-0.1, -0.05) is 149 Å². The maximum atomic E-state index is 10.6. The number of halogens is 6. The van der Waals surface area contributed by atoms with Crippen LogP contribution in [0.4, 0.5) is 0 Å². The third kappa shape index (κ3) is 11.3. The summed E-state index contributed by atoms with van der Waals surface area (Å²) in [6, 6.07) is 59.0. The summed E-state index contributed by atoms with van der Waals surface area (Å²) in [4.78, 5) is 0.226. The van der Waals surface area contributed by atoms with Crippen LogP contribution < -0.4 is 0 Å². The Morgan fingerprint density at radius 1 is 0.412 bits per heavy atom. The number of aliphatic hydroxyl groups is 1. The van der Waals surface area contributed by atoms with Gasteiger partial charge >= 0.3 is 0 Å². The molecule has 8 rings (SSSR count). The zero-order chi connectivity index (χ0) is 36.2. The van der Waals surface area contributed by atoms with Crippen molar-refractivity contribution in [2.75, 3.05) is 5.34 Å². The van der Waals surface area contributed by atoms with E-state index in [1.54, 1.807) is 0 Å². The minimum atomic E-state index is -0.586. The zero-order valence-electron chi connectivity index (χ0n) is 27.2. The number of rotatable bonds is 4. The first-order valence-electron chi connectivity index (χ1n) is 15.9. The molecular formula is C43H33Br4Cl2OP. The van der Waals surface area contributed by atoms with Crippen molar-refractivity contribution in [3.63, 3.8) is 0 Å². The van der Waals surface area contributed by atoms with E-state index in [-0.39, 0.29) is 14.2 Å². The predicted octanol–water partition coefficient (Wildman–Crippen LogP) is 16.4. The molecule has 0 aliphatic rings. The Bertz CT molecular complexity index is 2140. The molecule has 0 aliphatic carbocycles. The van der Waals surface area contributed by atoms with E-state index in [9.17, 15) is 5.11 Å². The maximum Gasteiger partial charge on any atom is 0.104 e. The number of fused-ring (bicyclic) bond motifs is 4. The van der Waals surface area contributed by atoms with E-state index in [2.05, 4.69) is 196 Å². The molecule has 0 radical (unpaired) electrons. The lowest BCUT2D eigenvalue weighted by atomic mass is 9.97. The summed E-state index contributed by atoms with van der Waals surface area (Å²) in [7, 11) is 0. The van der Waals surface area contributed by atoms with Crippen LogP contribution in [0.25, 0.3) is 43.1 Å². The van der Waals surface area contributed by atoms with Crippen molar-refractivity contribution in [2.24, 2.45) is 0 Å². The highest BCUT2D eigenvalue weighted by atomic mass is 80.0. The molecule has 0 bridgehead atoms. The Hall–Kier alpha value is -2.31. The second-order valence-electron chi connectivity index (χ2n) is 11.5. The van der Waals surface area contributed by atoms with Gasteiger partial charge in [0.1, 0.15) is 10.1 Å². The molecule has 2 unspecified atom stereocenters. The van der Waals surface area contributed by atoms with Crippen molar-refractivity contribution >= 4 is 133 Å². The summed E-state index contributed by atoms with van der Waals surface area (Å²) < 4.78 is -0.183. The van der Waals surface area contributed by atoms with E-state index in [1.165, 1.54) is 48.8 Å². The SMILES string of the molecule is BrC(c1ccccc1)c1ccc2cc3ccccc3cc2c1.BrP(Br)Br.ClCCl.OC(c1ccccc1)c1ccc2cc3ccccc3cc2c1. The van der Waals surface area contributed by atoms with E-state index in [0.717, 1.165) is 16.5 Å². The van der Waals surface area contributed by atoms with Gasteiger partial charge in [-0.2, -0.15) is 0 Å². The Morgan fingerprint density at radius 3 is 1.16 bits per heavy atom. The Kier molecular flexibility index (Phi) is 15.8. The van der Waals surface area contributed by atoms with Crippen molar-refractivity contribution in [1.29, 1.82) is 0 Å². The summed E-state index contributed by atoms with van der Waals surface area (Å²) in [5, 5.41) is 20.7. The molecule has 1 N–H and O–H groups in total. The molecule has 0 fully saturated rings. The standard InChI is InChI=1S/C21H15Br.C21H16O.CH2Cl2.Br3P/c2*22-21(15-6-2-1-3-7-15)19-11-10-18-12-16-8-4-5-9-17(16)13-20(18)14-19;2-1-3;1-4(2)3/h1-14,21H;1-14,21-22H;1H2;. The van der Waals surface area contributed by atoms with Gasteiger partial charge in [0, 0.05) is 0 Å². The van der Waals surface area contributed by atoms with Crippen LogP contribution in [-0.2, 0) is 0 Å². The molecule has 0 heterocycles. The highest BCUT2D eigenvalue weighted by Crippen LogP contribution is 2.59. The molecular weight excluding hydrogens is 954 g/mol. The van der Waals surface area contributed by atoms with E-state index >= 15 is 0 Å². The first-order chi connectivity index (χ1) is 24.8. The van der Waals surface area contributed by atoms with Crippen molar-refractivity contribution < 1.29 is 5.11 Å². The van der Waals surface area contributed by atoms with Gasteiger partial charge in [-0.05, 0) is 148 Å². The average molecular weight is 987 g/mol. The van der Waals surface area contributed by atoms with Crippen molar-refractivity contribution in [2.45, 2.75) is 10.9 Å². The van der Waals surface area contributed by atoms with Crippen LogP contribution in [0.15, 0.2) is 170 Å². The lowest BCUT2D eigenvalue weighted by Gasteiger charge is -2.12. The van der Waals surface area contributed by atoms with Crippen LogP contribution in [0.3, 0.4) is 0 Å². The van der Waals surface area contributed by atoms with Gasteiger partial charge in [0.05, 0.1) is 10.2 Å². The van der Waals surface area contributed by atoms with Crippen LogP contribution >= 0.6 is 89.6 Å². The molecule has 1 nitrogen and oxygen atoms in total. The van der Waals surface area contributed by atoms with Gasteiger partial charge in [-0.15, -0.1) is 23.2 Å². The van der Waals surface area contributed by atoms with Gasteiger partial charge in [0.15, 0.2) is 0 Å². The third-order valence-electron chi connectivity index (χ3n) is 8.27. The van der Waals surface area contributed by atoms with Gasteiger partial charge in [0.2, 0.25) is 0 Å². The van der Waals surface area contributed by atoms with E-state index in [1.807, 2.05) is 36.4 Å². The van der Waals surface area contributed by atoms with Gasteiger partial charge in [0.25, 0.3) is 0 Å². The summed E-state index contributed by atoms with van der Waals surface area (Å²) in [5.74, 6) is 0. The lowest BCUT2D eigenvalue weighted by Crippen LogP contribution is -1.99. The quantitative estimate of drug-likeness (QED) is 0.106. The maximum absolute atomic E-state index is 10.6. The minimum absolute atomic E-state index is 0.183. The van der Waals surface area contributed by atoms with Crippen molar-refractivity contribution in [3.8, 4) is 0 Å². The van der Waals surface area contributed by atoms with Gasteiger partial charge in [-0.25, -0.2) is 0 Å². The molecule has 0 amide bonds. The Labute approximate surface area is 343 Å². The largest absolute Gasteiger partial charge is 0.384 e. The van der Waals surface area contributed by atoms with E-state index in [0.29, 0.717) is 0 Å². The number of hydrogen-bond donors (Lipinski definition) is 1. The fourth-order valence-electron chi connectivity index (χ4n) is 5.89. The topological polar surface area (TPSA) is 20.2 Å². The molecule has 2 atom stereocenters. The monoisotopic (exact) mass is 982 g/mol. The summed E-state index contributed by atoms with van der Waals surface area (Å²) >= 11 is 22.9. The molecule has 0 saturated carbocycles. The molecule has 0 aromatic heterocycles. The first kappa shape index (κ1) is 39.9. The fourth-order valence-corrected chi connectivity index (χ4v) is 6.48. The number of benzene rings is 8. The lowest BCUT2D eigenvalue weighted by molar-refractivity contribution is 0.220. The molecule has 0 saturated heterocycles. The minimum Gasteiger partial charge on any atom is -0.384 e. The highest BCUT2D eigenvalue weighted by Gasteiger charge is 2.12. The predicted molar refractivity (Wildman–Crippen MR) is 241 cm³/mol. The van der Waals surface area contributed by atoms with Crippen molar-refractivity contribution in [3.05, 3.63) is 192 Å². The average Bonchev–Trinajstić information content (AvgIpc) is 3.16. The van der Waals surface area contributed by atoms with Crippen LogP contribution in [0, 0.1) is 0 Å². The van der Waals surface area contributed by atoms with Crippen LogP contribution in [0.1, 0.15) is 33.2 Å². The van der Waals surface area contributed by atoms with Gasteiger partial charge < -0.3 is 5.11 Å². The Balaban J connectivity index is 0.000000168. The number of alkyl halides is 3. The normalized spacial score (nSPS) is 11.9. The summed E-state index contributed by atoms with van der Waals surface area (Å²) in [6.07, 6.45) is -0.586. The van der Waals surface area contributed by atoms with E-state index in [4.69, 9.17) is 23.2 Å². The second kappa shape index (κ2) is 20.2. The molecule has 51 heavy (non-hydrogen) atoms. The van der Waals surface area contributed by atoms with Crippen LogP contribution in [0.2, 0.25) is 0 Å². The number of aliphatic hydroxyl groups excluding tert-OH is 1. The molecule has 8 aromatic rings. The molecule has 0 spiro atoms. The third-order valence-corrected chi connectivity index (χ3v) is 9.33. The van der Waals surface area contributed by atoms with Crippen LogP contribution in [-0.4, -0.2) is 10.4 Å². The molecule has 8 heteroatoms. The molecule has 0 aliphatic heterocycles. The van der Waals surface area contributed by atoms with Crippen LogP contribution in [0.5, 0.6) is 0 Å². The van der Waals surface area contributed by atoms with Crippen molar-refractivity contribution in [1.82, 2.24) is 0 Å². The molecule has 258 valence electrons. The zero-order valence-corrected chi connectivity index (χ0v) is 35.9. The second-order valence-corrected chi connectivity index (χ2v) is 28.5. The van der Waals surface area contributed by atoms with Gasteiger partial charge in [-0.3, -0.25) is 0 Å². The highest BCUT2D eigenvalue weighted by molar-refractivity contribution is 9.93.